The number of rotatable bonds is 5. The monoisotopic (exact) mass is 296 g/mol. The highest BCUT2D eigenvalue weighted by atomic mass is 16.5. The Labute approximate surface area is 128 Å². The minimum Gasteiger partial charge on any atom is -0.371 e. The molecule has 0 amide bonds. The molecule has 0 saturated carbocycles. The fourth-order valence-electron chi connectivity index (χ4n) is 2.02. The summed E-state index contributed by atoms with van der Waals surface area (Å²) in [5.74, 6) is 1.57. The number of benzene rings is 1. The van der Waals surface area contributed by atoms with E-state index in [9.17, 15) is 0 Å². The molecule has 0 bridgehead atoms. The Hall–Kier alpha value is -2.60. The van der Waals surface area contributed by atoms with Crippen LogP contribution in [0.1, 0.15) is 25.8 Å². The molecule has 112 valence electrons. The van der Waals surface area contributed by atoms with Crippen LogP contribution in [0.3, 0.4) is 0 Å². The normalized spacial score (nSPS) is 12.3. The first-order valence-corrected chi connectivity index (χ1v) is 7.11. The third-order valence-corrected chi connectivity index (χ3v) is 3.15. The Balaban J connectivity index is 1.81. The second-order valence-corrected chi connectivity index (χ2v) is 4.72. The summed E-state index contributed by atoms with van der Waals surface area (Å²) in [4.78, 5) is 13.0. The highest BCUT2D eigenvalue weighted by molar-refractivity contribution is 5.57. The molecule has 6 nitrogen and oxygen atoms in total. The highest BCUT2D eigenvalue weighted by Crippen LogP contribution is 2.21. The number of hydrogen-bond acceptors (Lipinski definition) is 6. The van der Waals surface area contributed by atoms with E-state index < -0.39 is 0 Å². The Morgan fingerprint density at radius 3 is 2.50 bits per heavy atom. The standard InChI is InChI=1S/C16H16N4O2/c1-3-21-11(2)14-19-16(22-20-14)13-9-17-15(18-10-13)12-7-5-4-6-8-12/h4-11H,3H2,1-2H3/t11-/m1/s1. The van der Waals surface area contributed by atoms with Crippen molar-refractivity contribution in [1.82, 2.24) is 20.1 Å². The fourth-order valence-corrected chi connectivity index (χ4v) is 2.02. The summed E-state index contributed by atoms with van der Waals surface area (Å²) >= 11 is 0. The molecule has 0 unspecified atom stereocenters. The van der Waals surface area contributed by atoms with E-state index in [-0.39, 0.29) is 6.10 Å². The minimum atomic E-state index is -0.202. The van der Waals surface area contributed by atoms with Gasteiger partial charge < -0.3 is 9.26 Å². The van der Waals surface area contributed by atoms with Gasteiger partial charge in [-0.1, -0.05) is 35.5 Å². The average molecular weight is 296 g/mol. The Kier molecular flexibility index (Phi) is 4.20. The molecule has 0 spiro atoms. The molecular weight excluding hydrogens is 280 g/mol. The molecule has 3 rings (SSSR count). The van der Waals surface area contributed by atoms with Gasteiger partial charge in [0, 0.05) is 24.6 Å². The number of nitrogens with zero attached hydrogens (tertiary/aromatic N) is 4. The van der Waals surface area contributed by atoms with E-state index in [0.29, 0.717) is 29.7 Å². The van der Waals surface area contributed by atoms with Crippen LogP contribution in [0.4, 0.5) is 0 Å². The lowest BCUT2D eigenvalue weighted by Crippen LogP contribution is -2.01. The van der Waals surface area contributed by atoms with Gasteiger partial charge in [0.15, 0.2) is 5.82 Å². The smallest absolute Gasteiger partial charge is 0.261 e. The maximum atomic E-state index is 5.44. The van der Waals surface area contributed by atoms with Crippen molar-refractivity contribution in [2.75, 3.05) is 6.61 Å². The van der Waals surface area contributed by atoms with Crippen LogP contribution in [0.5, 0.6) is 0 Å². The lowest BCUT2D eigenvalue weighted by Gasteiger charge is -2.04. The van der Waals surface area contributed by atoms with Gasteiger partial charge >= 0.3 is 0 Å². The van der Waals surface area contributed by atoms with Crippen molar-refractivity contribution in [3.63, 3.8) is 0 Å². The van der Waals surface area contributed by atoms with Crippen molar-refractivity contribution >= 4 is 0 Å². The summed E-state index contributed by atoms with van der Waals surface area (Å²) in [6, 6.07) is 9.78. The van der Waals surface area contributed by atoms with Crippen molar-refractivity contribution in [3.8, 4) is 22.8 Å². The van der Waals surface area contributed by atoms with Gasteiger partial charge in [0.2, 0.25) is 5.82 Å². The molecule has 0 saturated heterocycles. The van der Waals surface area contributed by atoms with E-state index in [4.69, 9.17) is 9.26 Å². The van der Waals surface area contributed by atoms with Crippen molar-refractivity contribution in [3.05, 3.63) is 48.5 Å². The number of ether oxygens (including phenoxy) is 1. The molecule has 0 N–H and O–H groups in total. The summed E-state index contributed by atoms with van der Waals surface area (Å²) in [5.41, 5.74) is 1.65. The molecule has 0 aliphatic heterocycles. The summed E-state index contributed by atoms with van der Waals surface area (Å²) in [5, 5.41) is 3.93. The van der Waals surface area contributed by atoms with Crippen LogP contribution in [0.15, 0.2) is 47.2 Å². The first kappa shape index (κ1) is 14.3. The summed E-state index contributed by atoms with van der Waals surface area (Å²) in [6.07, 6.45) is 3.16. The third kappa shape index (κ3) is 3.01. The zero-order valence-corrected chi connectivity index (χ0v) is 12.4. The van der Waals surface area contributed by atoms with Crippen LogP contribution in [0, 0.1) is 0 Å². The van der Waals surface area contributed by atoms with Crippen LogP contribution >= 0.6 is 0 Å². The molecule has 1 atom stereocenters. The SMILES string of the molecule is CCO[C@H](C)c1noc(-c2cnc(-c3ccccc3)nc2)n1. The van der Waals surface area contributed by atoms with Crippen molar-refractivity contribution in [1.29, 1.82) is 0 Å². The lowest BCUT2D eigenvalue weighted by atomic mass is 10.2. The second kappa shape index (κ2) is 6.44. The molecule has 1 aromatic carbocycles. The van der Waals surface area contributed by atoms with Crippen LogP contribution in [-0.4, -0.2) is 26.7 Å². The van der Waals surface area contributed by atoms with E-state index in [1.807, 2.05) is 44.2 Å². The largest absolute Gasteiger partial charge is 0.371 e. The minimum absolute atomic E-state index is 0.202. The van der Waals surface area contributed by atoms with Crippen molar-refractivity contribution < 1.29 is 9.26 Å². The molecule has 0 radical (unpaired) electrons. The van der Waals surface area contributed by atoms with Crippen LogP contribution < -0.4 is 0 Å². The third-order valence-electron chi connectivity index (χ3n) is 3.15. The Morgan fingerprint density at radius 2 is 1.82 bits per heavy atom. The van der Waals surface area contributed by atoms with E-state index in [0.717, 1.165) is 5.56 Å². The van der Waals surface area contributed by atoms with Gasteiger partial charge in [-0.3, -0.25) is 0 Å². The molecule has 2 heterocycles. The first-order valence-electron chi connectivity index (χ1n) is 7.11. The second-order valence-electron chi connectivity index (χ2n) is 4.72. The van der Waals surface area contributed by atoms with E-state index in [1.165, 1.54) is 0 Å². The van der Waals surface area contributed by atoms with Crippen molar-refractivity contribution in [2.45, 2.75) is 20.0 Å². The number of aromatic nitrogens is 4. The molecular formula is C16H16N4O2. The molecule has 0 aliphatic carbocycles. The maximum absolute atomic E-state index is 5.44. The van der Waals surface area contributed by atoms with Crippen LogP contribution in [0.25, 0.3) is 22.8 Å². The quantitative estimate of drug-likeness (QED) is 0.719. The van der Waals surface area contributed by atoms with Crippen molar-refractivity contribution in [2.24, 2.45) is 0 Å². The zero-order chi connectivity index (χ0) is 15.4. The molecule has 3 aromatic rings. The molecule has 22 heavy (non-hydrogen) atoms. The van der Waals surface area contributed by atoms with Gasteiger partial charge in [-0.15, -0.1) is 0 Å². The lowest BCUT2D eigenvalue weighted by molar-refractivity contribution is 0.0683. The molecule has 6 heteroatoms. The van der Waals surface area contributed by atoms with E-state index in [2.05, 4.69) is 20.1 Å². The summed E-state index contributed by atoms with van der Waals surface area (Å²) in [7, 11) is 0. The van der Waals surface area contributed by atoms with Gasteiger partial charge in [0.1, 0.15) is 6.10 Å². The first-order chi connectivity index (χ1) is 10.8. The van der Waals surface area contributed by atoms with Gasteiger partial charge in [0.25, 0.3) is 5.89 Å². The Bertz CT molecular complexity index is 725. The molecule has 0 aliphatic rings. The topological polar surface area (TPSA) is 73.9 Å². The molecule has 2 aromatic heterocycles. The zero-order valence-electron chi connectivity index (χ0n) is 12.4. The van der Waals surface area contributed by atoms with Crippen LogP contribution in [0.2, 0.25) is 0 Å². The van der Waals surface area contributed by atoms with E-state index >= 15 is 0 Å². The average Bonchev–Trinajstić information content (AvgIpc) is 3.06. The Morgan fingerprint density at radius 1 is 1.09 bits per heavy atom. The highest BCUT2D eigenvalue weighted by Gasteiger charge is 2.15. The molecule has 0 fully saturated rings. The van der Waals surface area contributed by atoms with Gasteiger partial charge in [-0.2, -0.15) is 4.98 Å². The summed E-state index contributed by atoms with van der Waals surface area (Å²) in [6.45, 7) is 4.40. The predicted molar refractivity (Wildman–Crippen MR) is 80.8 cm³/mol. The summed E-state index contributed by atoms with van der Waals surface area (Å²) < 4.78 is 10.7. The maximum Gasteiger partial charge on any atom is 0.261 e. The van der Waals surface area contributed by atoms with Gasteiger partial charge in [-0.05, 0) is 13.8 Å². The van der Waals surface area contributed by atoms with Gasteiger partial charge in [0.05, 0.1) is 5.56 Å². The van der Waals surface area contributed by atoms with Crippen LogP contribution in [-0.2, 0) is 4.74 Å². The van der Waals surface area contributed by atoms with Gasteiger partial charge in [-0.25, -0.2) is 9.97 Å². The van der Waals surface area contributed by atoms with E-state index in [1.54, 1.807) is 12.4 Å². The predicted octanol–water partition coefficient (Wildman–Crippen LogP) is 3.29. The number of hydrogen-bond donors (Lipinski definition) is 0. The fraction of sp³-hybridized carbons (Fsp3) is 0.250.